The molecule has 1 aliphatic rings. The number of benzene rings is 1. The molecule has 104 valence electrons. The number of nitrogens with zero attached hydrogens (tertiary/aromatic N) is 2. The van der Waals surface area contributed by atoms with Gasteiger partial charge in [-0.1, -0.05) is 30.5 Å². The highest BCUT2D eigenvalue weighted by Crippen LogP contribution is 2.22. The summed E-state index contributed by atoms with van der Waals surface area (Å²) in [6, 6.07) is 9.97. The van der Waals surface area contributed by atoms with Crippen molar-refractivity contribution in [3.05, 3.63) is 41.6 Å². The largest absolute Gasteiger partial charge is 0.367 e. The fourth-order valence-electron chi connectivity index (χ4n) is 2.47. The zero-order valence-corrected chi connectivity index (χ0v) is 11.9. The van der Waals surface area contributed by atoms with Gasteiger partial charge in [-0.05, 0) is 37.1 Å². The summed E-state index contributed by atoms with van der Waals surface area (Å²) in [5.41, 5.74) is 0.885. The second kappa shape index (κ2) is 6.09. The number of halogens is 1. The zero-order valence-electron chi connectivity index (χ0n) is 11.1. The normalized spacial score (nSPS) is 15.2. The average molecular weight is 289 g/mol. The van der Waals surface area contributed by atoms with Gasteiger partial charge in [0.15, 0.2) is 0 Å². The fraction of sp³-hybridized carbons (Fsp3) is 0.333. The zero-order chi connectivity index (χ0) is 13.8. The Labute approximate surface area is 123 Å². The van der Waals surface area contributed by atoms with Gasteiger partial charge in [-0.2, -0.15) is 4.98 Å². The lowest BCUT2D eigenvalue weighted by Crippen LogP contribution is -2.15. The van der Waals surface area contributed by atoms with Crippen LogP contribution in [0.5, 0.6) is 0 Å². The Balaban J connectivity index is 1.70. The van der Waals surface area contributed by atoms with E-state index in [1.807, 2.05) is 30.3 Å². The molecule has 1 aliphatic carbocycles. The van der Waals surface area contributed by atoms with Crippen LogP contribution in [0.15, 0.2) is 36.5 Å². The summed E-state index contributed by atoms with van der Waals surface area (Å²) in [5, 5.41) is 7.31. The van der Waals surface area contributed by atoms with E-state index >= 15 is 0 Å². The molecule has 0 radical (unpaired) electrons. The molecule has 20 heavy (non-hydrogen) atoms. The van der Waals surface area contributed by atoms with E-state index in [-0.39, 0.29) is 0 Å². The number of rotatable bonds is 4. The molecule has 1 fully saturated rings. The van der Waals surface area contributed by atoms with Crippen LogP contribution < -0.4 is 10.6 Å². The van der Waals surface area contributed by atoms with Gasteiger partial charge in [0.2, 0.25) is 5.95 Å². The first-order valence-corrected chi connectivity index (χ1v) is 7.29. The SMILES string of the molecule is Clc1cccc(Nc2nccc(NC3CCCC3)n2)c1. The molecule has 1 saturated carbocycles. The van der Waals surface area contributed by atoms with Gasteiger partial charge >= 0.3 is 0 Å². The van der Waals surface area contributed by atoms with Gasteiger partial charge in [0.05, 0.1) is 0 Å². The fourth-order valence-corrected chi connectivity index (χ4v) is 2.66. The van der Waals surface area contributed by atoms with Gasteiger partial charge in [-0.15, -0.1) is 0 Å². The molecule has 2 aromatic rings. The van der Waals surface area contributed by atoms with Gasteiger partial charge in [-0.25, -0.2) is 4.98 Å². The van der Waals surface area contributed by atoms with Gasteiger partial charge in [0, 0.05) is 22.9 Å². The number of hydrogen-bond donors (Lipinski definition) is 2. The van der Waals surface area contributed by atoms with Crippen LogP contribution in [-0.2, 0) is 0 Å². The standard InChI is InChI=1S/C15H17ClN4/c16-11-4-3-7-13(10-11)19-15-17-9-8-14(20-15)18-12-5-1-2-6-12/h3-4,7-10,12H,1-2,5-6H2,(H2,17,18,19,20). The second-order valence-corrected chi connectivity index (χ2v) is 5.46. The molecule has 0 bridgehead atoms. The third kappa shape index (κ3) is 3.39. The molecule has 0 saturated heterocycles. The lowest BCUT2D eigenvalue weighted by Gasteiger charge is -2.13. The van der Waals surface area contributed by atoms with E-state index in [0.717, 1.165) is 11.5 Å². The van der Waals surface area contributed by atoms with Crippen LogP contribution in [0.2, 0.25) is 5.02 Å². The van der Waals surface area contributed by atoms with Crippen LogP contribution in [-0.4, -0.2) is 16.0 Å². The lowest BCUT2D eigenvalue weighted by molar-refractivity contribution is 0.750. The van der Waals surface area contributed by atoms with Crippen LogP contribution in [0.4, 0.5) is 17.5 Å². The predicted molar refractivity (Wildman–Crippen MR) is 82.6 cm³/mol. The van der Waals surface area contributed by atoms with Gasteiger partial charge in [0.1, 0.15) is 5.82 Å². The van der Waals surface area contributed by atoms with Crippen molar-refractivity contribution in [1.29, 1.82) is 0 Å². The smallest absolute Gasteiger partial charge is 0.229 e. The highest BCUT2D eigenvalue weighted by molar-refractivity contribution is 6.30. The van der Waals surface area contributed by atoms with E-state index in [1.165, 1.54) is 25.7 Å². The first-order valence-electron chi connectivity index (χ1n) is 6.92. The molecule has 0 unspecified atom stereocenters. The molecule has 4 nitrogen and oxygen atoms in total. The third-order valence-corrected chi connectivity index (χ3v) is 3.68. The summed E-state index contributed by atoms with van der Waals surface area (Å²) in [6.45, 7) is 0. The lowest BCUT2D eigenvalue weighted by atomic mass is 10.2. The molecular formula is C15H17ClN4. The summed E-state index contributed by atoms with van der Waals surface area (Å²) in [4.78, 5) is 8.72. The minimum Gasteiger partial charge on any atom is -0.367 e. The van der Waals surface area contributed by atoms with E-state index in [0.29, 0.717) is 17.0 Å². The molecule has 3 rings (SSSR count). The maximum Gasteiger partial charge on any atom is 0.229 e. The summed E-state index contributed by atoms with van der Waals surface area (Å²) in [6.07, 6.45) is 6.81. The minimum absolute atomic E-state index is 0.545. The Kier molecular flexibility index (Phi) is 4.02. The Morgan fingerprint density at radius 1 is 1.15 bits per heavy atom. The molecule has 0 amide bonds. The predicted octanol–water partition coefficient (Wildman–Crippen LogP) is 4.23. The van der Waals surface area contributed by atoms with Gasteiger partial charge < -0.3 is 10.6 Å². The summed E-state index contributed by atoms with van der Waals surface area (Å²) in [7, 11) is 0. The molecule has 5 heteroatoms. The maximum absolute atomic E-state index is 5.96. The molecule has 0 spiro atoms. The van der Waals surface area contributed by atoms with Crippen molar-refractivity contribution in [2.24, 2.45) is 0 Å². The molecule has 0 aliphatic heterocycles. The summed E-state index contributed by atoms with van der Waals surface area (Å²) < 4.78 is 0. The Bertz CT molecular complexity index is 582. The maximum atomic E-state index is 5.96. The Morgan fingerprint density at radius 2 is 2.00 bits per heavy atom. The minimum atomic E-state index is 0.545. The van der Waals surface area contributed by atoms with Crippen molar-refractivity contribution in [3.63, 3.8) is 0 Å². The van der Waals surface area contributed by atoms with Crippen molar-refractivity contribution >= 4 is 29.1 Å². The molecule has 2 N–H and O–H groups in total. The number of anilines is 3. The molecule has 0 atom stereocenters. The van der Waals surface area contributed by atoms with E-state index in [9.17, 15) is 0 Å². The van der Waals surface area contributed by atoms with Crippen molar-refractivity contribution in [3.8, 4) is 0 Å². The van der Waals surface area contributed by atoms with E-state index in [4.69, 9.17) is 11.6 Å². The second-order valence-electron chi connectivity index (χ2n) is 5.03. The summed E-state index contributed by atoms with van der Waals surface area (Å²) in [5.74, 6) is 1.45. The van der Waals surface area contributed by atoms with Crippen LogP contribution in [0.1, 0.15) is 25.7 Å². The highest BCUT2D eigenvalue weighted by atomic mass is 35.5. The van der Waals surface area contributed by atoms with Crippen molar-refractivity contribution in [1.82, 2.24) is 9.97 Å². The van der Waals surface area contributed by atoms with E-state index in [2.05, 4.69) is 20.6 Å². The van der Waals surface area contributed by atoms with Crippen molar-refractivity contribution in [2.45, 2.75) is 31.7 Å². The van der Waals surface area contributed by atoms with Crippen LogP contribution in [0.25, 0.3) is 0 Å². The summed E-state index contributed by atoms with van der Waals surface area (Å²) >= 11 is 5.96. The van der Waals surface area contributed by atoms with Crippen LogP contribution in [0.3, 0.4) is 0 Å². The Hall–Kier alpha value is -1.81. The first kappa shape index (κ1) is 13.2. The van der Waals surface area contributed by atoms with Crippen molar-refractivity contribution < 1.29 is 0 Å². The quantitative estimate of drug-likeness (QED) is 0.884. The van der Waals surface area contributed by atoms with Gasteiger partial charge in [-0.3, -0.25) is 0 Å². The number of nitrogens with one attached hydrogen (secondary N) is 2. The average Bonchev–Trinajstić information content (AvgIpc) is 2.92. The Morgan fingerprint density at radius 3 is 2.80 bits per heavy atom. The first-order chi connectivity index (χ1) is 9.79. The highest BCUT2D eigenvalue weighted by Gasteiger charge is 2.15. The molecule has 1 aromatic carbocycles. The van der Waals surface area contributed by atoms with Gasteiger partial charge in [0.25, 0.3) is 0 Å². The van der Waals surface area contributed by atoms with E-state index in [1.54, 1.807) is 6.20 Å². The van der Waals surface area contributed by atoms with Crippen LogP contribution in [0, 0.1) is 0 Å². The third-order valence-electron chi connectivity index (χ3n) is 3.44. The monoisotopic (exact) mass is 288 g/mol. The number of aromatic nitrogens is 2. The number of hydrogen-bond acceptors (Lipinski definition) is 4. The molecule has 1 aromatic heterocycles. The topological polar surface area (TPSA) is 49.8 Å². The molecule has 1 heterocycles. The van der Waals surface area contributed by atoms with Crippen molar-refractivity contribution in [2.75, 3.05) is 10.6 Å². The van der Waals surface area contributed by atoms with Crippen LogP contribution >= 0.6 is 11.6 Å². The molecular weight excluding hydrogens is 272 g/mol. The van der Waals surface area contributed by atoms with E-state index < -0.39 is 0 Å².